The lowest BCUT2D eigenvalue weighted by atomic mass is 10.2. The summed E-state index contributed by atoms with van der Waals surface area (Å²) in [7, 11) is 0. The van der Waals surface area contributed by atoms with Crippen LogP contribution in [0.15, 0.2) is 24.3 Å². The standard InChI is InChI=1S/C14H23N3O2/c1-14(2,3)19-13(18)17-12-7-4-6-11(10-12)16-9-5-8-15/h4,6-7,10,16H,5,8-9,15H2,1-3H3,(H,17,18). The summed E-state index contributed by atoms with van der Waals surface area (Å²) in [5, 5.41) is 5.94. The smallest absolute Gasteiger partial charge is 0.412 e. The average molecular weight is 265 g/mol. The van der Waals surface area contributed by atoms with Crippen molar-refractivity contribution in [1.82, 2.24) is 0 Å². The largest absolute Gasteiger partial charge is 0.444 e. The van der Waals surface area contributed by atoms with Crippen LogP contribution in [0.3, 0.4) is 0 Å². The van der Waals surface area contributed by atoms with Gasteiger partial charge in [-0.15, -0.1) is 0 Å². The molecule has 1 aromatic rings. The number of ether oxygens (including phenoxy) is 1. The highest BCUT2D eigenvalue weighted by Crippen LogP contribution is 2.16. The van der Waals surface area contributed by atoms with Crippen LogP contribution in [-0.2, 0) is 4.74 Å². The van der Waals surface area contributed by atoms with Crippen LogP contribution in [0.25, 0.3) is 0 Å². The summed E-state index contributed by atoms with van der Waals surface area (Å²) in [5.74, 6) is 0. The maximum atomic E-state index is 11.6. The Morgan fingerprint density at radius 2 is 2.00 bits per heavy atom. The lowest BCUT2D eigenvalue weighted by Crippen LogP contribution is -2.27. The molecule has 0 fully saturated rings. The van der Waals surface area contributed by atoms with E-state index in [0.29, 0.717) is 12.2 Å². The number of nitrogens with one attached hydrogen (secondary N) is 2. The van der Waals surface area contributed by atoms with Crippen LogP contribution < -0.4 is 16.4 Å². The van der Waals surface area contributed by atoms with Gasteiger partial charge < -0.3 is 15.8 Å². The van der Waals surface area contributed by atoms with Crippen LogP contribution in [0.4, 0.5) is 16.2 Å². The molecule has 0 aliphatic rings. The van der Waals surface area contributed by atoms with E-state index < -0.39 is 11.7 Å². The normalized spacial score (nSPS) is 10.9. The zero-order valence-corrected chi connectivity index (χ0v) is 11.8. The zero-order chi connectivity index (χ0) is 14.3. The number of carbonyl (C=O) groups is 1. The first-order valence-corrected chi connectivity index (χ1v) is 6.45. The molecule has 0 heterocycles. The van der Waals surface area contributed by atoms with Gasteiger partial charge in [0.05, 0.1) is 0 Å². The second-order valence-corrected chi connectivity index (χ2v) is 5.28. The molecule has 0 radical (unpaired) electrons. The number of hydrogen-bond acceptors (Lipinski definition) is 4. The second kappa shape index (κ2) is 6.99. The summed E-state index contributed by atoms with van der Waals surface area (Å²) < 4.78 is 5.19. The van der Waals surface area contributed by atoms with Crippen LogP contribution >= 0.6 is 0 Å². The summed E-state index contributed by atoms with van der Waals surface area (Å²) in [5.41, 5.74) is 6.58. The minimum Gasteiger partial charge on any atom is -0.444 e. The van der Waals surface area contributed by atoms with E-state index in [-0.39, 0.29) is 0 Å². The van der Waals surface area contributed by atoms with Crippen molar-refractivity contribution in [3.8, 4) is 0 Å². The van der Waals surface area contributed by atoms with Gasteiger partial charge in [0.1, 0.15) is 5.60 Å². The molecule has 5 heteroatoms. The predicted molar refractivity (Wildman–Crippen MR) is 78.5 cm³/mol. The Bertz CT molecular complexity index is 413. The molecule has 0 spiro atoms. The van der Waals surface area contributed by atoms with Gasteiger partial charge in [0.2, 0.25) is 0 Å². The first kappa shape index (κ1) is 15.3. The van der Waals surface area contributed by atoms with Gasteiger partial charge in [-0.1, -0.05) is 6.07 Å². The van der Waals surface area contributed by atoms with Crippen molar-refractivity contribution in [1.29, 1.82) is 0 Å². The first-order chi connectivity index (χ1) is 8.90. The fourth-order valence-electron chi connectivity index (χ4n) is 1.46. The fourth-order valence-corrected chi connectivity index (χ4v) is 1.46. The number of hydrogen-bond donors (Lipinski definition) is 3. The van der Waals surface area contributed by atoms with E-state index in [1.165, 1.54) is 0 Å². The molecule has 4 N–H and O–H groups in total. The molecule has 1 rings (SSSR count). The van der Waals surface area contributed by atoms with Gasteiger partial charge in [-0.05, 0) is 51.9 Å². The number of amides is 1. The number of nitrogens with two attached hydrogens (primary N) is 1. The Morgan fingerprint density at radius 3 is 2.63 bits per heavy atom. The molecular formula is C14H23N3O2. The monoisotopic (exact) mass is 265 g/mol. The van der Waals surface area contributed by atoms with Crippen LogP contribution in [0.2, 0.25) is 0 Å². The summed E-state index contributed by atoms with van der Waals surface area (Å²) >= 11 is 0. The Labute approximate surface area is 114 Å². The number of benzene rings is 1. The summed E-state index contributed by atoms with van der Waals surface area (Å²) in [6, 6.07) is 7.49. The number of anilines is 2. The topological polar surface area (TPSA) is 76.4 Å². The van der Waals surface area contributed by atoms with Crippen LogP contribution in [0.1, 0.15) is 27.2 Å². The SMILES string of the molecule is CC(C)(C)OC(=O)Nc1cccc(NCCCN)c1. The van der Waals surface area contributed by atoms with Crippen molar-refractivity contribution in [2.45, 2.75) is 32.8 Å². The molecule has 0 aliphatic heterocycles. The Morgan fingerprint density at radius 1 is 1.32 bits per heavy atom. The fraction of sp³-hybridized carbons (Fsp3) is 0.500. The van der Waals surface area contributed by atoms with Gasteiger partial charge in [-0.2, -0.15) is 0 Å². The number of rotatable bonds is 5. The maximum Gasteiger partial charge on any atom is 0.412 e. The minimum atomic E-state index is -0.499. The van der Waals surface area contributed by atoms with Gasteiger partial charge in [0.25, 0.3) is 0 Å². The molecule has 0 bridgehead atoms. The molecule has 1 amide bonds. The molecule has 5 nitrogen and oxygen atoms in total. The van der Waals surface area contributed by atoms with Gasteiger partial charge in [-0.3, -0.25) is 5.32 Å². The summed E-state index contributed by atoms with van der Waals surface area (Å²) in [6.45, 7) is 6.96. The van der Waals surface area contributed by atoms with Crippen molar-refractivity contribution >= 4 is 17.5 Å². The van der Waals surface area contributed by atoms with Gasteiger partial charge in [-0.25, -0.2) is 4.79 Å². The summed E-state index contributed by atoms with van der Waals surface area (Å²) in [4.78, 5) is 11.6. The lowest BCUT2D eigenvalue weighted by Gasteiger charge is -2.19. The Hall–Kier alpha value is -1.75. The van der Waals surface area contributed by atoms with Gasteiger partial charge in [0, 0.05) is 17.9 Å². The van der Waals surface area contributed by atoms with E-state index in [9.17, 15) is 4.79 Å². The molecule has 0 aliphatic carbocycles. The van der Waals surface area contributed by atoms with E-state index >= 15 is 0 Å². The Kier molecular flexibility index (Phi) is 5.63. The van der Waals surface area contributed by atoms with Crippen LogP contribution in [-0.4, -0.2) is 24.8 Å². The van der Waals surface area contributed by atoms with E-state index in [0.717, 1.165) is 18.7 Å². The van der Waals surface area contributed by atoms with Crippen molar-refractivity contribution in [3.05, 3.63) is 24.3 Å². The van der Waals surface area contributed by atoms with Crippen molar-refractivity contribution in [2.75, 3.05) is 23.7 Å². The molecule has 106 valence electrons. The minimum absolute atomic E-state index is 0.452. The molecule has 0 atom stereocenters. The third-order valence-corrected chi connectivity index (χ3v) is 2.22. The van der Waals surface area contributed by atoms with Crippen LogP contribution in [0.5, 0.6) is 0 Å². The summed E-state index contributed by atoms with van der Waals surface area (Å²) in [6.07, 6.45) is 0.454. The number of carbonyl (C=O) groups excluding carboxylic acids is 1. The highest BCUT2D eigenvalue weighted by molar-refractivity contribution is 5.85. The molecule has 0 saturated carbocycles. The highest BCUT2D eigenvalue weighted by Gasteiger charge is 2.16. The zero-order valence-electron chi connectivity index (χ0n) is 11.8. The van der Waals surface area contributed by atoms with E-state index in [2.05, 4.69) is 10.6 Å². The molecule has 19 heavy (non-hydrogen) atoms. The third kappa shape index (κ3) is 6.67. The first-order valence-electron chi connectivity index (χ1n) is 6.45. The average Bonchev–Trinajstić information content (AvgIpc) is 2.27. The van der Waals surface area contributed by atoms with Gasteiger partial charge >= 0.3 is 6.09 Å². The third-order valence-electron chi connectivity index (χ3n) is 2.22. The van der Waals surface area contributed by atoms with E-state index in [1.54, 1.807) is 0 Å². The molecular weight excluding hydrogens is 242 g/mol. The Balaban J connectivity index is 2.54. The highest BCUT2D eigenvalue weighted by atomic mass is 16.6. The second-order valence-electron chi connectivity index (χ2n) is 5.28. The van der Waals surface area contributed by atoms with E-state index in [1.807, 2.05) is 45.0 Å². The van der Waals surface area contributed by atoms with Crippen molar-refractivity contribution < 1.29 is 9.53 Å². The molecule has 1 aromatic carbocycles. The molecule has 0 unspecified atom stereocenters. The van der Waals surface area contributed by atoms with E-state index in [4.69, 9.17) is 10.5 Å². The quantitative estimate of drug-likeness (QED) is 0.715. The van der Waals surface area contributed by atoms with Crippen LogP contribution in [0, 0.1) is 0 Å². The van der Waals surface area contributed by atoms with Crippen molar-refractivity contribution in [3.63, 3.8) is 0 Å². The molecule has 0 aromatic heterocycles. The molecule has 0 saturated heterocycles. The predicted octanol–water partition coefficient (Wildman–Crippen LogP) is 2.79. The lowest BCUT2D eigenvalue weighted by molar-refractivity contribution is 0.0636. The van der Waals surface area contributed by atoms with Crippen molar-refractivity contribution in [2.24, 2.45) is 5.73 Å². The van der Waals surface area contributed by atoms with Gasteiger partial charge in [0.15, 0.2) is 0 Å². The maximum absolute atomic E-state index is 11.6.